The van der Waals surface area contributed by atoms with E-state index >= 15 is 0 Å². The molecule has 1 heterocycles. The fraction of sp³-hybridized carbons (Fsp3) is 0.333. The second-order valence-corrected chi connectivity index (χ2v) is 3.70. The molecule has 2 nitrogen and oxygen atoms in total. The zero-order valence-corrected chi connectivity index (χ0v) is 8.49. The van der Waals surface area contributed by atoms with Gasteiger partial charge in [-0.05, 0) is 29.7 Å². The summed E-state index contributed by atoms with van der Waals surface area (Å²) in [5.41, 5.74) is 1.26. The van der Waals surface area contributed by atoms with Crippen molar-refractivity contribution in [1.29, 1.82) is 0 Å². The molecule has 0 fully saturated rings. The Hall–Kier alpha value is -1.44. The summed E-state index contributed by atoms with van der Waals surface area (Å²) < 4.78 is 11.0. The SMILES string of the molecule is C=CC1Oc2ccc(C(C)C)cc2O1. The summed E-state index contributed by atoms with van der Waals surface area (Å²) in [5, 5.41) is 0. The van der Waals surface area contributed by atoms with Gasteiger partial charge in [-0.2, -0.15) is 0 Å². The molecule has 0 bridgehead atoms. The predicted molar refractivity (Wildman–Crippen MR) is 55.8 cm³/mol. The number of hydrogen-bond donors (Lipinski definition) is 0. The van der Waals surface area contributed by atoms with Gasteiger partial charge in [0.25, 0.3) is 6.29 Å². The van der Waals surface area contributed by atoms with Gasteiger partial charge in [-0.25, -0.2) is 0 Å². The molecule has 1 aliphatic rings. The van der Waals surface area contributed by atoms with Crippen molar-refractivity contribution in [2.75, 3.05) is 0 Å². The van der Waals surface area contributed by atoms with E-state index in [1.54, 1.807) is 6.08 Å². The smallest absolute Gasteiger partial charge is 0.260 e. The van der Waals surface area contributed by atoms with E-state index in [-0.39, 0.29) is 6.29 Å². The molecule has 2 rings (SSSR count). The van der Waals surface area contributed by atoms with E-state index < -0.39 is 0 Å². The van der Waals surface area contributed by atoms with E-state index in [0.717, 1.165) is 11.5 Å². The van der Waals surface area contributed by atoms with Gasteiger partial charge in [-0.3, -0.25) is 0 Å². The molecular weight excluding hydrogens is 176 g/mol. The van der Waals surface area contributed by atoms with Crippen LogP contribution >= 0.6 is 0 Å². The maximum Gasteiger partial charge on any atom is 0.260 e. The van der Waals surface area contributed by atoms with E-state index in [1.165, 1.54) is 5.56 Å². The summed E-state index contributed by atoms with van der Waals surface area (Å²) >= 11 is 0. The van der Waals surface area contributed by atoms with Crippen LogP contribution in [0, 0.1) is 0 Å². The minimum Gasteiger partial charge on any atom is -0.447 e. The Balaban J connectivity index is 2.30. The maximum absolute atomic E-state index is 5.51. The Morgan fingerprint density at radius 1 is 1.29 bits per heavy atom. The number of rotatable bonds is 2. The molecule has 0 spiro atoms. The van der Waals surface area contributed by atoms with E-state index in [2.05, 4.69) is 26.5 Å². The van der Waals surface area contributed by atoms with E-state index in [0.29, 0.717) is 5.92 Å². The lowest BCUT2D eigenvalue weighted by Gasteiger charge is -2.05. The molecular formula is C12H14O2. The molecule has 0 amide bonds. The average molecular weight is 190 g/mol. The Labute approximate surface area is 84.2 Å². The lowest BCUT2D eigenvalue weighted by atomic mass is 10.0. The van der Waals surface area contributed by atoms with Crippen molar-refractivity contribution >= 4 is 0 Å². The molecule has 1 aromatic carbocycles. The average Bonchev–Trinajstić information content (AvgIpc) is 2.58. The van der Waals surface area contributed by atoms with Crippen LogP contribution in [0.2, 0.25) is 0 Å². The molecule has 0 saturated heterocycles. The molecule has 0 aliphatic carbocycles. The monoisotopic (exact) mass is 190 g/mol. The van der Waals surface area contributed by atoms with Gasteiger partial charge >= 0.3 is 0 Å². The highest BCUT2D eigenvalue weighted by molar-refractivity contribution is 5.46. The quantitative estimate of drug-likeness (QED) is 0.667. The first kappa shape index (κ1) is 9.13. The fourth-order valence-electron chi connectivity index (χ4n) is 1.44. The van der Waals surface area contributed by atoms with Gasteiger partial charge in [-0.15, -0.1) is 0 Å². The predicted octanol–water partition coefficient (Wildman–Crippen LogP) is 3.09. The third kappa shape index (κ3) is 1.48. The van der Waals surface area contributed by atoms with Crippen molar-refractivity contribution in [3.8, 4) is 11.5 Å². The van der Waals surface area contributed by atoms with Crippen molar-refractivity contribution in [3.05, 3.63) is 36.4 Å². The zero-order chi connectivity index (χ0) is 10.1. The topological polar surface area (TPSA) is 18.5 Å². The van der Waals surface area contributed by atoms with E-state index in [4.69, 9.17) is 9.47 Å². The van der Waals surface area contributed by atoms with Gasteiger partial charge in [0.05, 0.1) is 0 Å². The first-order valence-electron chi connectivity index (χ1n) is 4.80. The van der Waals surface area contributed by atoms with Crippen LogP contribution in [0.5, 0.6) is 11.5 Å². The third-order valence-corrected chi connectivity index (χ3v) is 2.31. The van der Waals surface area contributed by atoms with Crippen molar-refractivity contribution in [2.24, 2.45) is 0 Å². The molecule has 0 saturated carbocycles. The van der Waals surface area contributed by atoms with E-state index in [1.807, 2.05) is 12.1 Å². The molecule has 1 unspecified atom stereocenters. The minimum atomic E-state index is -0.326. The molecule has 2 heteroatoms. The molecule has 14 heavy (non-hydrogen) atoms. The van der Waals surface area contributed by atoms with Crippen molar-refractivity contribution in [2.45, 2.75) is 26.1 Å². The lowest BCUT2D eigenvalue weighted by molar-refractivity contribution is 0.0955. The lowest BCUT2D eigenvalue weighted by Crippen LogP contribution is -2.13. The molecule has 1 aliphatic heterocycles. The van der Waals surface area contributed by atoms with Crippen LogP contribution in [-0.4, -0.2) is 6.29 Å². The number of hydrogen-bond acceptors (Lipinski definition) is 2. The van der Waals surface area contributed by atoms with Crippen LogP contribution in [0.3, 0.4) is 0 Å². The van der Waals surface area contributed by atoms with Crippen LogP contribution in [0.4, 0.5) is 0 Å². The van der Waals surface area contributed by atoms with Gasteiger partial charge in [0.15, 0.2) is 11.5 Å². The third-order valence-electron chi connectivity index (χ3n) is 2.31. The molecule has 1 atom stereocenters. The van der Waals surface area contributed by atoms with Crippen LogP contribution in [0.1, 0.15) is 25.3 Å². The van der Waals surface area contributed by atoms with Crippen molar-refractivity contribution in [3.63, 3.8) is 0 Å². The normalized spacial score (nSPS) is 18.6. The summed E-state index contributed by atoms with van der Waals surface area (Å²) in [6.45, 7) is 7.94. The van der Waals surface area contributed by atoms with Crippen molar-refractivity contribution < 1.29 is 9.47 Å². The Morgan fingerprint density at radius 2 is 2.00 bits per heavy atom. The van der Waals surface area contributed by atoms with Crippen LogP contribution in [0.15, 0.2) is 30.9 Å². The highest BCUT2D eigenvalue weighted by atomic mass is 16.7. The summed E-state index contributed by atoms with van der Waals surface area (Å²) in [6.07, 6.45) is 1.32. The fourth-order valence-corrected chi connectivity index (χ4v) is 1.44. The van der Waals surface area contributed by atoms with Gasteiger partial charge < -0.3 is 9.47 Å². The van der Waals surface area contributed by atoms with Crippen LogP contribution in [-0.2, 0) is 0 Å². The highest BCUT2D eigenvalue weighted by Crippen LogP contribution is 2.36. The molecule has 0 aromatic heterocycles. The molecule has 74 valence electrons. The Morgan fingerprint density at radius 3 is 2.64 bits per heavy atom. The highest BCUT2D eigenvalue weighted by Gasteiger charge is 2.21. The van der Waals surface area contributed by atoms with Crippen molar-refractivity contribution in [1.82, 2.24) is 0 Å². The first-order valence-corrected chi connectivity index (χ1v) is 4.80. The number of benzene rings is 1. The first-order chi connectivity index (χ1) is 6.70. The van der Waals surface area contributed by atoms with Crippen LogP contribution < -0.4 is 9.47 Å². The maximum atomic E-state index is 5.51. The summed E-state index contributed by atoms with van der Waals surface area (Å²) in [5.74, 6) is 2.13. The zero-order valence-electron chi connectivity index (χ0n) is 8.49. The minimum absolute atomic E-state index is 0.326. The summed E-state index contributed by atoms with van der Waals surface area (Å²) in [4.78, 5) is 0. The van der Waals surface area contributed by atoms with Gasteiger partial charge in [0.1, 0.15) is 0 Å². The number of fused-ring (bicyclic) bond motifs is 1. The van der Waals surface area contributed by atoms with Crippen LogP contribution in [0.25, 0.3) is 0 Å². The second-order valence-electron chi connectivity index (χ2n) is 3.70. The van der Waals surface area contributed by atoms with Gasteiger partial charge in [0, 0.05) is 0 Å². The Bertz CT molecular complexity index is 355. The Kier molecular flexibility index (Phi) is 2.20. The largest absolute Gasteiger partial charge is 0.447 e. The van der Waals surface area contributed by atoms with Gasteiger partial charge in [0.2, 0.25) is 0 Å². The standard InChI is InChI=1S/C12H14O2/c1-4-12-13-10-6-5-9(8(2)3)7-11(10)14-12/h4-8,12H,1H2,2-3H3. The number of ether oxygens (including phenoxy) is 2. The molecule has 1 aromatic rings. The van der Waals surface area contributed by atoms with Gasteiger partial charge in [-0.1, -0.05) is 26.5 Å². The second kappa shape index (κ2) is 3.37. The van der Waals surface area contributed by atoms with E-state index in [9.17, 15) is 0 Å². The summed E-state index contributed by atoms with van der Waals surface area (Å²) in [7, 11) is 0. The molecule has 0 radical (unpaired) electrons. The molecule has 0 N–H and O–H groups in total. The summed E-state index contributed by atoms with van der Waals surface area (Å²) in [6, 6.07) is 6.05.